The molecule has 1 fully saturated rings. The Balaban J connectivity index is 1.99. The predicted octanol–water partition coefficient (Wildman–Crippen LogP) is 3.64. The summed E-state index contributed by atoms with van der Waals surface area (Å²) < 4.78 is 0. The summed E-state index contributed by atoms with van der Waals surface area (Å²) in [6.07, 6.45) is 4.45. The molecule has 104 valence electrons. The minimum absolute atomic E-state index is 0.0844. The second kappa shape index (κ2) is 6.33. The van der Waals surface area contributed by atoms with Crippen LogP contribution < -0.4 is 5.73 Å². The number of nitrogens with two attached hydrogens (primary N) is 1. The number of Topliss-reactive ketones (excluding diaryl/α,β-unsaturated/α-hetero) is 1. The molecule has 1 unspecified atom stereocenters. The van der Waals surface area contributed by atoms with Crippen LogP contribution in [0.5, 0.6) is 0 Å². The first-order chi connectivity index (χ1) is 9.06. The Bertz CT molecular complexity index is 411. The highest BCUT2D eigenvalue weighted by Gasteiger charge is 2.24. The first-order valence-corrected chi connectivity index (χ1v) is 7.42. The van der Waals surface area contributed by atoms with Gasteiger partial charge in [-0.25, -0.2) is 0 Å². The average molecular weight is 259 g/mol. The van der Waals surface area contributed by atoms with Gasteiger partial charge in [0.25, 0.3) is 0 Å². The summed E-state index contributed by atoms with van der Waals surface area (Å²) in [5.74, 6) is 1.55. The predicted molar refractivity (Wildman–Crippen MR) is 78.9 cm³/mol. The van der Waals surface area contributed by atoms with E-state index in [1.54, 1.807) is 0 Å². The fraction of sp³-hybridized carbons (Fsp3) is 0.588. The van der Waals surface area contributed by atoms with Crippen molar-refractivity contribution in [1.82, 2.24) is 0 Å². The zero-order valence-corrected chi connectivity index (χ0v) is 12.1. The van der Waals surface area contributed by atoms with Gasteiger partial charge in [-0.1, -0.05) is 38.1 Å². The maximum absolute atomic E-state index is 11.3. The zero-order valence-electron chi connectivity index (χ0n) is 12.1. The highest BCUT2D eigenvalue weighted by molar-refractivity contribution is 5.79. The molecule has 2 nitrogen and oxygen atoms in total. The summed E-state index contributed by atoms with van der Waals surface area (Å²) in [7, 11) is 0. The lowest BCUT2D eigenvalue weighted by molar-refractivity contribution is -0.121. The van der Waals surface area contributed by atoms with E-state index in [1.807, 2.05) is 0 Å². The van der Waals surface area contributed by atoms with Crippen LogP contribution in [0.15, 0.2) is 24.3 Å². The van der Waals surface area contributed by atoms with E-state index in [9.17, 15) is 4.79 Å². The number of benzene rings is 1. The Morgan fingerprint density at radius 2 is 1.74 bits per heavy atom. The molecule has 0 aromatic heterocycles. The minimum atomic E-state index is 0.0844. The van der Waals surface area contributed by atoms with Crippen LogP contribution in [0.2, 0.25) is 0 Å². The Labute approximate surface area is 116 Å². The van der Waals surface area contributed by atoms with Crippen molar-refractivity contribution in [2.45, 2.75) is 52.0 Å². The summed E-state index contributed by atoms with van der Waals surface area (Å²) in [4.78, 5) is 11.3. The van der Waals surface area contributed by atoms with Crippen LogP contribution in [-0.4, -0.2) is 5.78 Å². The molecule has 0 saturated heterocycles. The molecule has 19 heavy (non-hydrogen) atoms. The number of carbonyl (C=O) groups excluding carboxylic acids is 1. The summed E-state index contributed by atoms with van der Waals surface area (Å²) in [6, 6.07) is 8.81. The van der Waals surface area contributed by atoms with Crippen molar-refractivity contribution in [3.8, 4) is 0 Å². The summed E-state index contributed by atoms with van der Waals surface area (Å²) in [5, 5.41) is 0. The maximum atomic E-state index is 11.3. The van der Waals surface area contributed by atoms with Gasteiger partial charge in [0.15, 0.2) is 0 Å². The Morgan fingerprint density at radius 3 is 2.26 bits per heavy atom. The van der Waals surface area contributed by atoms with E-state index in [4.69, 9.17) is 5.73 Å². The van der Waals surface area contributed by atoms with Crippen molar-refractivity contribution in [3.63, 3.8) is 0 Å². The van der Waals surface area contributed by atoms with Crippen LogP contribution >= 0.6 is 0 Å². The van der Waals surface area contributed by atoms with Gasteiger partial charge in [0.05, 0.1) is 0 Å². The molecule has 1 aromatic rings. The van der Waals surface area contributed by atoms with Gasteiger partial charge >= 0.3 is 0 Å². The van der Waals surface area contributed by atoms with Gasteiger partial charge in [-0.3, -0.25) is 4.79 Å². The van der Waals surface area contributed by atoms with Crippen LogP contribution in [0.4, 0.5) is 0 Å². The zero-order chi connectivity index (χ0) is 13.8. The van der Waals surface area contributed by atoms with E-state index < -0.39 is 0 Å². The molecule has 1 atom stereocenters. The van der Waals surface area contributed by atoms with Gasteiger partial charge in [0.1, 0.15) is 5.78 Å². The van der Waals surface area contributed by atoms with Crippen molar-refractivity contribution in [1.29, 1.82) is 0 Å². The van der Waals surface area contributed by atoms with E-state index in [0.717, 1.165) is 19.3 Å². The van der Waals surface area contributed by atoms with Gasteiger partial charge in [0, 0.05) is 18.9 Å². The molecule has 0 aliphatic heterocycles. The second-order valence-corrected chi connectivity index (χ2v) is 6.24. The van der Waals surface area contributed by atoms with Gasteiger partial charge < -0.3 is 5.73 Å². The lowest BCUT2D eigenvalue weighted by Crippen LogP contribution is -2.26. The van der Waals surface area contributed by atoms with E-state index in [-0.39, 0.29) is 6.04 Å². The van der Waals surface area contributed by atoms with Crippen LogP contribution in [0, 0.1) is 11.8 Å². The van der Waals surface area contributed by atoms with Crippen molar-refractivity contribution in [2.75, 3.05) is 0 Å². The molecule has 0 radical (unpaired) electrons. The number of ketones is 1. The largest absolute Gasteiger partial charge is 0.324 e. The van der Waals surface area contributed by atoms with E-state index in [0.29, 0.717) is 30.5 Å². The molecule has 0 bridgehead atoms. The van der Waals surface area contributed by atoms with E-state index in [2.05, 4.69) is 38.1 Å². The van der Waals surface area contributed by atoms with E-state index >= 15 is 0 Å². The molecule has 0 amide bonds. The summed E-state index contributed by atoms with van der Waals surface area (Å²) in [5.41, 5.74) is 8.95. The van der Waals surface area contributed by atoms with Crippen molar-refractivity contribution < 1.29 is 4.79 Å². The Kier molecular flexibility index (Phi) is 4.76. The third-order valence-corrected chi connectivity index (χ3v) is 4.10. The molecule has 2 rings (SSSR count). The lowest BCUT2D eigenvalue weighted by atomic mass is 9.81. The van der Waals surface area contributed by atoms with Gasteiger partial charge in [-0.2, -0.15) is 0 Å². The number of hydrogen-bond donors (Lipinski definition) is 1. The molecule has 1 aliphatic carbocycles. The Hall–Kier alpha value is -1.15. The van der Waals surface area contributed by atoms with Crippen LogP contribution in [0.25, 0.3) is 0 Å². The highest BCUT2D eigenvalue weighted by Crippen LogP contribution is 2.31. The highest BCUT2D eigenvalue weighted by atomic mass is 16.1. The monoisotopic (exact) mass is 259 g/mol. The molecule has 2 N–H and O–H groups in total. The molecule has 1 aliphatic rings. The molecule has 0 spiro atoms. The average Bonchev–Trinajstić information content (AvgIpc) is 2.39. The van der Waals surface area contributed by atoms with Gasteiger partial charge in [-0.15, -0.1) is 0 Å². The van der Waals surface area contributed by atoms with Crippen molar-refractivity contribution in [3.05, 3.63) is 35.4 Å². The normalized spacial score (nSPS) is 18.8. The summed E-state index contributed by atoms with van der Waals surface area (Å²) in [6.45, 7) is 4.47. The molecular weight excluding hydrogens is 234 g/mol. The van der Waals surface area contributed by atoms with E-state index in [1.165, 1.54) is 11.1 Å². The quantitative estimate of drug-likeness (QED) is 0.897. The van der Waals surface area contributed by atoms with Gasteiger partial charge in [0.2, 0.25) is 0 Å². The van der Waals surface area contributed by atoms with Crippen molar-refractivity contribution in [2.24, 2.45) is 17.6 Å². The Morgan fingerprint density at radius 1 is 1.16 bits per heavy atom. The maximum Gasteiger partial charge on any atom is 0.132 e. The second-order valence-electron chi connectivity index (χ2n) is 6.24. The van der Waals surface area contributed by atoms with Crippen LogP contribution in [-0.2, 0) is 11.2 Å². The molecule has 1 saturated carbocycles. The molecule has 1 aromatic carbocycles. The first kappa shape index (κ1) is 14.3. The SMILES string of the molecule is CC(C)Cc1ccc(C(N)C2CCC(=O)CC2)cc1. The molecule has 0 heterocycles. The fourth-order valence-electron chi connectivity index (χ4n) is 2.94. The number of rotatable bonds is 4. The van der Waals surface area contributed by atoms with Crippen molar-refractivity contribution >= 4 is 5.78 Å². The molecule has 2 heteroatoms. The summed E-state index contributed by atoms with van der Waals surface area (Å²) >= 11 is 0. The standard InChI is InChI=1S/C17H25NO/c1-12(2)11-13-3-5-14(6-4-13)17(18)15-7-9-16(19)10-8-15/h3-6,12,15,17H,7-11,18H2,1-2H3. The topological polar surface area (TPSA) is 43.1 Å². The minimum Gasteiger partial charge on any atom is -0.324 e. The fourth-order valence-corrected chi connectivity index (χ4v) is 2.94. The number of carbonyl (C=O) groups is 1. The van der Waals surface area contributed by atoms with Gasteiger partial charge in [-0.05, 0) is 42.2 Å². The first-order valence-electron chi connectivity index (χ1n) is 7.42. The van der Waals surface area contributed by atoms with Crippen LogP contribution in [0.3, 0.4) is 0 Å². The smallest absolute Gasteiger partial charge is 0.132 e. The number of hydrogen-bond acceptors (Lipinski definition) is 2. The third-order valence-electron chi connectivity index (χ3n) is 4.10. The lowest BCUT2D eigenvalue weighted by Gasteiger charge is -2.27. The molecular formula is C17H25NO. The third kappa shape index (κ3) is 3.90. The van der Waals surface area contributed by atoms with Crippen LogP contribution in [0.1, 0.15) is 56.7 Å².